The van der Waals surface area contributed by atoms with Crippen molar-refractivity contribution >= 4 is 29.1 Å². The minimum atomic E-state index is 0.714. The second-order valence-corrected chi connectivity index (χ2v) is 6.22. The Morgan fingerprint density at radius 2 is 1.95 bits per heavy atom. The summed E-state index contributed by atoms with van der Waals surface area (Å²) in [5.74, 6) is 1.55. The summed E-state index contributed by atoms with van der Waals surface area (Å²) in [6.07, 6.45) is 0. The second kappa shape index (κ2) is 6.42. The smallest absolute Gasteiger partial charge is 0.191 e. The molecule has 3 aromatic rings. The van der Waals surface area contributed by atoms with Crippen LogP contribution in [0.4, 0.5) is 5.69 Å². The van der Waals surface area contributed by atoms with Gasteiger partial charge in [-0.3, -0.25) is 0 Å². The Labute approximate surface area is 138 Å². The molecule has 22 heavy (non-hydrogen) atoms. The molecule has 0 fully saturated rings. The molecule has 0 radical (unpaired) electrons. The van der Waals surface area contributed by atoms with Crippen LogP contribution in [-0.2, 0) is 12.8 Å². The van der Waals surface area contributed by atoms with Crippen LogP contribution in [-0.4, -0.2) is 14.8 Å². The fourth-order valence-electron chi connectivity index (χ4n) is 2.13. The number of nitrogens with zero attached hydrogens (tertiary/aromatic N) is 3. The van der Waals surface area contributed by atoms with Gasteiger partial charge in [-0.25, -0.2) is 0 Å². The number of hydrogen-bond acceptors (Lipinski definition) is 4. The van der Waals surface area contributed by atoms with Crippen LogP contribution in [0.5, 0.6) is 0 Å². The SMILES string of the molecule is Cn1c(SCc2ccccc2Cl)nnc1-c1cccc(N)c1. The van der Waals surface area contributed by atoms with Gasteiger partial charge in [0.15, 0.2) is 11.0 Å². The van der Waals surface area contributed by atoms with Crippen LogP contribution in [0.25, 0.3) is 11.4 Å². The average molecular weight is 331 g/mol. The van der Waals surface area contributed by atoms with E-state index in [1.54, 1.807) is 11.8 Å². The van der Waals surface area contributed by atoms with E-state index in [-0.39, 0.29) is 0 Å². The molecule has 0 saturated carbocycles. The molecule has 1 aromatic heterocycles. The van der Waals surface area contributed by atoms with Crippen molar-refractivity contribution < 1.29 is 0 Å². The van der Waals surface area contributed by atoms with Crippen molar-refractivity contribution in [1.29, 1.82) is 0 Å². The minimum absolute atomic E-state index is 0.714. The molecule has 2 aromatic carbocycles. The largest absolute Gasteiger partial charge is 0.399 e. The number of thioether (sulfide) groups is 1. The second-order valence-electron chi connectivity index (χ2n) is 4.87. The van der Waals surface area contributed by atoms with Gasteiger partial charge in [-0.2, -0.15) is 0 Å². The third-order valence-corrected chi connectivity index (χ3v) is 4.73. The molecule has 0 unspecified atom stereocenters. The zero-order valence-corrected chi connectivity index (χ0v) is 13.6. The quantitative estimate of drug-likeness (QED) is 0.580. The van der Waals surface area contributed by atoms with Gasteiger partial charge in [-0.1, -0.05) is 53.7 Å². The van der Waals surface area contributed by atoms with Crippen molar-refractivity contribution in [3.63, 3.8) is 0 Å². The molecule has 0 aliphatic heterocycles. The van der Waals surface area contributed by atoms with Crippen molar-refractivity contribution in [2.45, 2.75) is 10.9 Å². The highest BCUT2D eigenvalue weighted by atomic mass is 35.5. The molecular formula is C16H15ClN4S. The molecule has 1 heterocycles. The van der Waals surface area contributed by atoms with Crippen LogP contribution in [0.15, 0.2) is 53.7 Å². The Kier molecular flexibility index (Phi) is 4.36. The Hall–Kier alpha value is -1.98. The van der Waals surface area contributed by atoms with E-state index >= 15 is 0 Å². The lowest BCUT2D eigenvalue weighted by molar-refractivity contribution is 0.794. The molecular weight excluding hydrogens is 316 g/mol. The first kappa shape index (κ1) is 14.9. The van der Waals surface area contributed by atoms with E-state index in [4.69, 9.17) is 17.3 Å². The van der Waals surface area contributed by atoms with E-state index in [1.807, 2.05) is 60.1 Å². The summed E-state index contributed by atoms with van der Waals surface area (Å²) in [5, 5.41) is 10.1. The topological polar surface area (TPSA) is 56.7 Å². The van der Waals surface area contributed by atoms with Crippen molar-refractivity contribution in [1.82, 2.24) is 14.8 Å². The van der Waals surface area contributed by atoms with Gasteiger partial charge >= 0.3 is 0 Å². The van der Waals surface area contributed by atoms with Crippen molar-refractivity contribution in [3.05, 3.63) is 59.1 Å². The minimum Gasteiger partial charge on any atom is -0.399 e. The van der Waals surface area contributed by atoms with Crippen LogP contribution in [0.3, 0.4) is 0 Å². The molecule has 0 bridgehead atoms. The third-order valence-electron chi connectivity index (χ3n) is 3.29. The van der Waals surface area contributed by atoms with E-state index in [1.165, 1.54) is 0 Å². The fraction of sp³-hybridized carbons (Fsp3) is 0.125. The lowest BCUT2D eigenvalue weighted by Crippen LogP contribution is -1.96. The summed E-state index contributed by atoms with van der Waals surface area (Å²) in [6.45, 7) is 0. The molecule has 0 atom stereocenters. The van der Waals surface area contributed by atoms with E-state index in [0.29, 0.717) is 5.69 Å². The van der Waals surface area contributed by atoms with Gasteiger partial charge in [-0.05, 0) is 23.8 Å². The van der Waals surface area contributed by atoms with E-state index in [0.717, 1.165) is 32.9 Å². The maximum atomic E-state index is 6.18. The molecule has 0 saturated heterocycles. The van der Waals surface area contributed by atoms with Gasteiger partial charge < -0.3 is 10.3 Å². The van der Waals surface area contributed by atoms with Crippen molar-refractivity contribution in [2.24, 2.45) is 7.05 Å². The van der Waals surface area contributed by atoms with Crippen molar-refractivity contribution in [3.8, 4) is 11.4 Å². The summed E-state index contributed by atoms with van der Waals surface area (Å²) in [5.41, 5.74) is 8.58. The summed E-state index contributed by atoms with van der Waals surface area (Å²) >= 11 is 7.79. The number of anilines is 1. The molecule has 0 aliphatic rings. The summed E-state index contributed by atoms with van der Waals surface area (Å²) in [4.78, 5) is 0. The van der Waals surface area contributed by atoms with E-state index in [2.05, 4.69) is 10.2 Å². The summed E-state index contributed by atoms with van der Waals surface area (Å²) in [6, 6.07) is 15.5. The van der Waals surface area contributed by atoms with Gasteiger partial charge in [0.1, 0.15) is 0 Å². The molecule has 3 rings (SSSR count). The maximum Gasteiger partial charge on any atom is 0.191 e. The van der Waals surface area contributed by atoms with Crippen LogP contribution in [0.1, 0.15) is 5.56 Å². The van der Waals surface area contributed by atoms with E-state index in [9.17, 15) is 0 Å². The summed E-state index contributed by atoms with van der Waals surface area (Å²) in [7, 11) is 1.95. The van der Waals surface area contributed by atoms with E-state index < -0.39 is 0 Å². The molecule has 6 heteroatoms. The van der Waals surface area contributed by atoms with Gasteiger partial charge in [0.05, 0.1) is 0 Å². The van der Waals surface area contributed by atoms with Crippen LogP contribution < -0.4 is 5.73 Å². The predicted octanol–water partition coefficient (Wildman–Crippen LogP) is 4.01. The Morgan fingerprint density at radius 1 is 1.14 bits per heavy atom. The Morgan fingerprint density at radius 3 is 2.73 bits per heavy atom. The number of nitrogens with two attached hydrogens (primary N) is 1. The number of nitrogen functional groups attached to an aromatic ring is 1. The van der Waals surface area contributed by atoms with Gasteiger partial charge in [-0.15, -0.1) is 10.2 Å². The average Bonchev–Trinajstić information content (AvgIpc) is 2.87. The highest BCUT2D eigenvalue weighted by molar-refractivity contribution is 7.98. The molecule has 112 valence electrons. The van der Waals surface area contributed by atoms with Gasteiger partial charge in [0.25, 0.3) is 0 Å². The Balaban J connectivity index is 1.81. The predicted molar refractivity (Wildman–Crippen MR) is 91.9 cm³/mol. The zero-order valence-electron chi connectivity index (χ0n) is 12.0. The van der Waals surface area contributed by atoms with Gasteiger partial charge in [0.2, 0.25) is 0 Å². The van der Waals surface area contributed by atoms with Crippen LogP contribution in [0, 0.1) is 0 Å². The summed E-state index contributed by atoms with van der Waals surface area (Å²) < 4.78 is 1.97. The normalized spacial score (nSPS) is 10.8. The number of halogens is 1. The molecule has 0 aliphatic carbocycles. The Bertz CT molecular complexity index is 800. The monoisotopic (exact) mass is 330 g/mol. The number of rotatable bonds is 4. The highest BCUT2D eigenvalue weighted by Gasteiger charge is 2.12. The molecule has 0 spiro atoms. The maximum absolute atomic E-state index is 6.18. The molecule has 4 nitrogen and oxygen atoms in total. The zero-order chi connectivity index (χ0) is 15.5. The first-order valence-corrected chi connectivity index (χ1v) is 8.13. The number of hydrogen-bond donors (Lipinski definition) is 1. The van der Waals surface area contributed by atoms with Gasteiger partial charge in [0, 0.05) is 29.1 Å². The first-order valence-electron chi connectivity index (χ1n) is 6.76. The standard InChI is InChI=1S/C16H15ClN4S/c1-21-15(11-6-4-7-13(18)9-11)19-20-16(21)22-10-12-5-2-3-8-14(12)17/h2-9H,10,18H2,1H3. The highest BCUT2D eigenvalue weighted by Crippen LogP contribution is 2.28. The first-order chi connectivity index (χ1) is 10.6. The number of benzene rings is 2. The lowest BCUT2D eigenvalue weighted by atomic mass is 10.2. The number of aromatic nitrogens is 3. The lowest BCUT2D eigenvalue weighted by Gasteiger charge is -2.05. The van der Waals surface area contributed by atoms with Crippen LogP contribution in [0.2, 0.25) is 5.02 Å². The molecule has 2 N–H and O–H groups in total. The van der Waals surface area contributed by atoms with Crippen LogP contribution >= 0.6 is 23.4 Å². The fourth-order valence-corrected chi connectivity index (χ4v) is 3.32. The third kappa shape index (κ3) is 3.10. The van der Waals surface area contributed by atoms with Crippen molar-refractivity contribution in [2.75, 3.05) is 5.73 Å². The molecule has 0 amide bonds.